The highest BCUT2D eigenvalue weighted by atomic mass is 16.5. The number of carbonyl (C=O) groups is 1. The van der Waals surface area contributed by atoms with E-state index in [9.17, 15) is 4.79 Å². The fourth-order valence-corrected chi connectivity index (χ4v) is 2.83. The Labute approximate surface area is 93.4 Å². The van der Waals surface area contributed by atoms with Gasteiger partial charge in [0.2, 0.25) is 0 Å². The monoisotopic (exact) mass is 212 g/mol. The van der Waals surface area contributed by atoms with Crippen molar-refractivity contribution in [3.8, 4) is 0 Å². The van der Waals surface area contributed by atoms with E-state index in [1.807, 2.05) is 0 Å². The van der Waals surface area contributed by atoms with Crippen molar-refractivity contribution in [2.75, 3.05) is 7.11 Å². The molecule has 0 saturated heterocycles. The molecule has 1 saturated carbocycles. The Morgan fingerprint density at radius 3 is 2.07 bits per heavy atom. The van der Waals surface area contributed by atoms with E-state index in [4.69, 9.17) is 4.74 Å². The first-order valence-electron chi connectivity index (χ1n) is 5.69. The molecule has 0 aromatic carbocycles. The molecule has 0 heterocycles. The van der Waals surface area contributed by atoms with E-state index in [-0.39, 0.29) is 16.8 Å². The van der Waals surface area contributed by atoms with Crippen molar-refractivity contribution in [1.82, 2.24) is 0 Å². The third kappa shape index (κ3) is 2.73. The maximum absolute atomic E-state index is 11.4. The lowest BCUT2D eigenvalue weighted by atomic mass is 9.77. The van der Waals surface area contributed by atoms with Gasteiger partial charge in [-0.3, -0.25) is 4.79 Å². The summed E-state index contributed by atoms with van der Waals surface area (Å²) in [4.78, 5) is 11.4. The van der Waals surface area contributed by atoms with Gasteiger partial charge in [0.05, 0.1) is 13.5 Å². The molecule has 0 spiro atoms. The second kappa shape index (κ2) is 3.50. The fourth-order valence-electron chi connectivity index (χ4n) is 2.83. The summed E-state index contributed by atoms with van der Waals surface area (Å²) in [6, 6.07) is 0. The van der Waals surface area contributed by atoms with E-state index < -0.39 is 0 Å². The van der Waals surface area contributed by atoms with Gasteiger partial charge >= 0.3 is 5.97 Å². The second-order valence-corrected chi connectivity index (χ2v) is 6.83. The highest BCUT2D eigenvalue weighted by molar-refractivity contribution is 5.71. The molecule has 0 aromatic rings. The van der Waals surface area contributed by atoms with Crippen LogP contribution >= 0.6 is 0 Å². The lowest BCUT2D eigenvalue weighted by Gasteiger charge is -2.28. The Kier molecular flexibility index (Phi) is 2.92. The normalized spacial score (nSPS) is 28.7. The molecular formula is C13H24O2. The summed E-state index contributed by atoms with van der Waals surface area (Å²) >= 11 is 0. The summed E-state index contributed by atoms with van der Waals surface area (Å²) in [6.07, 6.45) is 2.82. The molecule has 88 valence electrons. The zero-order valence-electron chi connectivity index (χ0n) is 10.9. The number of methoxy groups -OCH3 is 1. The molecule has 2 nitrogen and oxygen atoms in total. The molecule has 1 rings (SSSR count). The summed E-state index contributed by atoms with van der Waals surface area (Å²) in [6.45, 7) is 11.2. The molecule has 15 heavy (non-hydrogen) atoms. The van der Waals surface area contributed by atoms with Gasteiger partial charge in [-0.05, 0) is 29.1 Å². The third-order valence-corrected chi connectivity index (χ3v) is 3.67. The molecule has 2 heteroatoms. The molecule has 1 fully saturated rings. The first kappa shape index (κ1) is 12.5. The Hall–Kier alpha value is -0.530. The van der Waals surface area contributed by atoms with Crippen molar-refractivity contribution in [2.45, 2.75) is 53.9 Å². The highest BCUT2D eigenvalue weighted by Crippen LogP contribution is 2.69. The van der Waals surface area contributed by atoms with Crippen molar-refractivity contribution in [3.05, 3.63) is 0 Å². The van der Waals surface area contributed by atoms with Gasteiger partial charge in [0, 0.05) is 0 Å². The lowest BCUT2D eigenvalue weighted by Crippen LogP contribution is -2.22. The van der Waals surface area contributed by atoms with Crippen LogP contribution in [0.5, 0.6) is 0 Å². The summed E-state index contributed by atoms with van der Waals surface area (Å²) < 4.78 is 4.79. The predicted octanol–water partition coefficient (Wildman–Crippen LogP) is 3.40. The van der Waals surface area contributed by atoms with Crippen LogP contribution in [-0.2, 0) is 9.53 Å². The van der Waals surface area contributed by atoms with Gasteiger partial charge in [-0.25, -0.2) is 0 Å². The zero-order valence-corrected chi connectivity index (χ0v) is 10.9. The summed E-state index contributed by atoms with van der Waals surface area (Å²) in [5, 5.41) is 0. The second-order valence-electron chi connectivity index (χ2n) is 6.83. The van der Waals surface area contributed by atoms with E-state index in [1.54, 1.807) is 0 Å². The van der Waals surface area contributed by atoms with Crippen LogP contribution in [0.1, 0.15) is 53.9 Å². The van der Waals surface area contributed by atoms with Crippen LogP contribution in [0, 0.1) is 16.2 Å². The first-order chi connectivity index (χ1) is 6.62. The minimum absolute atomic E-state index is 0.0650. The maximum Gasteiger partial charge on any atom is 0.306 e. The average Bonchev–Trinajstić information content (AvgIpc) is 2.47. The van der Waals surface area contributed by atoms with Gasteiger partial charge in [-0.1, -0.05) is 34.6 Å². The Morgan fingerprint density at radius 1 is 1.33 bits per heavy atom. The summed E-state index contributed by atoms with van der Waals surface area (Å²) in [5.41, 5.74) is 0.759. The van der Waals surface area contributed by atoms with Crippen molar-refractivity contribution in [2.24, 2.45) is 16.2 Å². The summed E-state index contributed by atoms with van der Waals surface area (Å²) in [5.74, 6) is -0.0650. The van der Waals surface area contributed by atoms with Crippen molar-refractivity contribution in [1.29, 1.82) is 0 Å². The highest BCUT2D eigenvalue weighted by Gasteiger charge is 2.62. The van der Waals surface area contributed by atoms with Gasteiger partial charge in [-0.15, -0.1) is 0 Å². The van der Waals surface area contributed by atoms with Crippen LogP contribution in [-0.4, -0.2) is 13.1 Å². The molecule has 0 aromatic heterocycles. The van der Waals surface area contributed by atoms with Gasteiger partial charge in [-0.2, -0.15) is 0 Å². The lowest BCUT2D eigenvalue weighted by molar-refractivity contribution is -0.142. The molecule has 0 bridgehead atoms. The van der Waals surface area contributed by atoms with E-state index in [1.165, 1.54) is 7.11 Å². The van der Waals surface area contributed by atoms with Crippen molar-refractivity contribution >= 4 is 5.97 Å². The summed E-state index contributed by atoms with van der Waals surface area (Å²) in [7, 11) is 1.47. The molecule has 1 aliphatic carbocycles. The SMILES string of the molecule is COC(=O)CC1(CC(C)(C)C)CC1(C)C. The number of rotatable bonds is 3. The number of carbonyl (C=O) groups excluding carboxylic acids is 1. The fraction of sp³-hybridized carbons (Fsp3) is 0.923. The molecular weight excluding hydrogens is 188 g/mol. The Morgan fingerprint density at radius 2 is 1.80 bits per heavy atom. The Bertz CT molecular complexity index is 260. The van der Waals surface area contributed by atoms with Gasteiger partial charge in [0.1, 0.15) is 0 Å². The molecule has 1 aliphatic rings. The van der Waals surface area contributed by atoms with Crippen LogP contribution in [0.15, 0.2) is 0 Å². The molecule has 0 aliphatic heterocycles. The maximum atomic E-state index is 11.4. The largest absolute Gasteiger partial charge is 0.469 e. The molecule has 0 N–H and O–H groups in total. The van der Waals surface area contributed by atoms with Crippen LogP contribution < -0.4 is 0 Å². The quantitative estimate of drug-likeness (QED) is 0.670. The van der Waals surface area contributed by atoms with Gasteiger partial charge in [0.25, 0.3) is 0 Å². The smallest absolute Gasteiger partial charge is 0.306 e. The number of hydrogen-bond acceptors (Lipinski definition) is 2. The van der Waals surface area contributed by atoms with Crippen molar-refractivity contribution < 1.29 is 9.53 Å². The zero-order chi connectivity index (χ0) is 11.9. The van der Waals surface area contributed by atoms with Crippen LogP contribution in [0.2, 0.25) is 0 Å². The van der Waals surface area contributed by atoms with E-state index in [0.717, 1.165) is 12.8 Å². The van der Waals surface area contributed by atoms with Gasteiger partial charge in [0.15, 0.2) is 0 Å². The minimum Gasteiger partial charge on any atom is -0.469 e. The number of hydrogen-bond donors (Lipinski definition) is 0. The van der Waals surface area contributed by atoms with E-state index in [2.05, 4.69) is 34.6 Å². The Balaban J connectivity index is 2.71. The van der Waals surface area contributed by atoms with Gasteiger partial charge < -0.3 is 4.74 Å². The van der Waals surface area contributed by atoms with E-state index >= 15 is 0 Å². The van der Waals surface area contributed by atoms with Crippen LogP contribution in [0.4, 0.5) is 0 Å². The third-order valence-electron chi connectivity index (χ3n) is 3.67. The van der Waals surface area contributed by atoms with Crippen molar-refractivity contribution in [3.63, 3.8) is 0 Å². The predicted molar refractivity (Wildman–Crippen MR) is 61.5 cm³/mol. The number of ether oxygens (including phenoxy) is 1. The number of esters is 1. The standard InChI is InChI=1S/C13H24O2/c1-11(2,3)8-13(7-10(14)15-6)9-12(13,4)5/h7-9H2,1-6H3. The molecule has 0 radical (unpaired) electrons. The van der Waals surface area contributed by atoms with Crippen LogP contribution in [0.3, 0.4) is 0 Å². The average molecular weight is 212 g/mol. The minimum atomic E-state index is -0.0650. The van der Waals surface area contributed by atoms with E-state index in [0.29, 0.717) is 11.8 Å². The first-order valence-corrected chi connectivity index (χ1v) is 5.69. The molecule has 1 atom stereocenters. The molecule has 1 unspecified atom stereocenters. The topological polar surface area (TPSA) is 26.3 Å². The van der Waals surface area contributed by atoms with Crippen LogP contribution in [0.25, 0.3) is 0 Å². The molecule has 0 amide bonds.